The van der Waals surface area contributed by atoms with Gasteiger partial charge in [0.25, 0.3) is 0 Å². The number of ether oxygens (including phenoxy) is 1. The van der Waals surface area contributed by atoms with Crippen LogP contribution in [0.4, 0.5) is 5.69 Å². The van der Waals surface area contributed by atoms with Crippen molar-refractivity contribution < 1.29 is 13.9 Å². The molecule has 3 N–H and O–H groups in total. The molecule has 0 aliphatic rings. The Morgan fingerprint density at radius 1 is 1.30 bits per heavy atom. The molecule has 0 spiro atoms. The highest BCUT2D eigenvalue weighted by Crippen LogP contribution is 2.17. The molecule has 1 heterocycles. The minimum absolute atomic E-state index is 0.220. The lowest BCUT2D eigenvalue weighted by Gasteiger charge is -2.08. The van der Waals surface area contributed by atoms with Gasteiger partial charge in [0.1, 0.15) is 11.5 Å². The zero-order valence-electron chi connectivity index (χ0n) is 11.4. The number of hydrogen-bond donors (Lipinski definition) is 2. The van der Waals surface area contributed by atoms with E-state index >= 15 is 0 Å². The van der Waals surface area contributed by atoms with Crippen molar-refractivity contribution in [2.45, 2.75) is 19.9 Å². The fourth-order valence-corrected chi connectivity index (χ4v) is 1.71. The molecule has 0 unspecified atom stereocenters. The molecule has 1 amide bonds. The molecular weight excluding hydrogens is 256 g/mol. The Bertz CT molecular complexity index is 561. The number of rotatable bonds is 7. The summed E-state index contributed by atoms with van der Waals surface area (Å²) in [6.07, 6.45) is 1.90. The van der Waals surface area contributed by atoms with Crippen LogP contribution in [0.15, 0.2) is 41.0 Å². The Morgan fingerprint density at radius 3 is 2.65 bits per heavy atom. The van der Waals surface area contributed by atoms with E-state index in [-0.39, 0.29) is 12.3 Å². The molecule has 5 heteroatoms. The SMILES string of the molecule is Cc1ccoc1CNc1ccc(OCCC(N)=O)cc1. The quantitative estimate of drug-likeness (QED) is 0.813. The van der Waals surface area contributed by atoms with Crippen LogP contribution in [0.5, 0.6) is 5.75 Å². The first-order chi connectivity index (χ1) is 9.65. The molecule has 20 heavy (non-hydrogen) atoms. The van der Waals surface area contributed by atoms with Gasteiger partial charge in [-0.05, 0) is 42.8 Å². The predicted molar refractivity (Wildman–Crippen MR) is 76.5 cm³/mol. The third-order valence-corrected chi connectivity index (χ3v) is 2.89. The summed E-state index contributed by atoms with van der Waals surface area (Å²) in [4.78, 5) is 10.6. The van der Waals surface area contributed by atoms with Crippen LogP contribution in [0, 0.1) is 6.92 Å². The number of carbonyl (C=O) groups is 1. The monoisotopic (exact) mass is 274 g/mol. The molecule has 0 aliphatic carbocycles. The molecular formula is C15H18N2O3. The topological polar surface area (TPSA) is 77.5 Å². The second-order valence-electron chi connectivity index (χ2n) is 4.47. The highest BCUT2D eigenvalue weighted by atomic mass is 16.5. The first kappa shape index (κ1) is 14.0. The van der Waals surface area contributed by atoms with Crippen LogP contribution in [0.1, 0.15) is 17.7 Å². The van der Waals surface area contributed by atoms with E-state index in [9.17, 15) is 4.79 Å². The number of anilines is 1. The molecule has 106 valence electrons. The van der Waals surface area contributed by atoms with Gasteiger partial charge in [-0.3, -0.25) is 4.79 Å². The van der Waals surface area contributed by atoms with Crippen molar-refractivity contribution in [2.75, 3.05) is 11.9 Å². The molecule has 5 nitrogen and oxygen atoms in total. The van der Waals surface area contributed by atoms with Gasteiger partial charge in [-0.15, -0.1) is 0 Å². The fourth-order valence-electron chi connectivity index (χ4n) is 1.71. The predicted octanol–water partition coefficient (Wildman–Crippen LogP) is 2.45. The summed E-state index contributed by atoms with van der Waals surface area (Å²) in [5.41, 5.74) is 7.14. The molecule has 0 saturated carbocycles. The summed E-state index contributed by atoms with van der Waals surface area (Å²) in [5.74, 6) is 1.27. The maximum atomic E-state index is 10.6. The van der Waals surface area contributed by atoms with Gasteiger partial charge in [0.15, 0.2) is 0 Å². The Kier molecular flexibility index (Phi) is 4.65. The molecule has 0 saturated heterocycles. The second kappa shape index (κ2) is 6.65. The second-order valence-corrected chi connectivity index (χ2v) is 4.47. The zero-order chi connectivity index (χ0) is 14.4. The van der Waals surface area contributed by atoms with Crippen LogP contribution in [-0.4, -0.2) is 12.5 Å². The Labute approximate surface area is 117 Å². The number of furan rings is 1. The van der Waals surface area contributed by atoms with Crippen molar-refractivity contribution in [2.24, 2.45) is 5.73 Å². The lowest BCUT2D eigenvalue weighted by Crippen LogP contribution is -2.14. The first-order valence-corrected chi connectivity index (χ1v) is 6.43. The van der Waals surface area contributed by atoms with E-state index in [0.29, 0.717) is 18.9 Å². The van der Waals surface area contributed by atoms with Crippen molar-refractivity contribution in [3.05, 3.63) is 47.9 Å². The number of nitrogens with two attached hydrogens (primary N) is 1. The van der Waals surface area contributed by atoms with Gasteiger partial charge in [-0.2, -0.15) is 0 Å². The van der Waals surface area contributed by atoms with Gasteiger partial charge < -0.3 is 20.2 Å². The summed E-state index contributed by atoms with van der Waals surface area (Å²) in [6, 6.07) is 9.46. The van der Waals surface area contributed by atoms with Crippen molar-refractivity contribution >= 4 is 11.6 Å². The third-order valence-electron chi connectivity index (χ3n) is 2.89. The molecule has 2 rings (SSSR count). The van der Waals surface area contributed by atoms with Crippen LogP contribution in [0.2, 0.25) is 0 Å². The van der Waals surface area contributed by atoms with E-state index in [0.717, 1.165) is 17.0 Å². The molecule has 2 aromatic rings. The molecule has 0 radical (unpaired) electrons. The van der Waals surface area contributed by atoms with E-state index in [1.165, 1.54) is 0 Å². The Balaban J connectivity index is 1.82. The number of amides is 1. The van der Waals surface area contributed by atoms with Crippen LogP contribution < -0.4 is 15.8 Å². The molecule has 0 atom stereocenters. The first-order valence-electron chi connectivity index (χ1n) is 6.43. The van der Waals surface area contributed by atoms with Crippen LogP contribution in [0.25, 0.3) is 0 Å². The average Bonchev–Trinajstić information content (AvgIpc) is 2.83. The number of hydrogen-bond acceptors (Lipinski definition) is 4. The number of carbonyl (C=O) groups excluding carboxylic acids is 1. The third kappa shape index (κ3) is 4.05. The standard InChI is InChI=1S/C15H18N2O3/c1-11-6-8-20-14(11)10-17-12-2-4-13(5-3-12)19-9-7-15(16)18/h2-6,8,17H,7,9-10H2,1H3,(H2,16,18). The lowest BCUT2D eigenvalue weighted by molar-refractivity contribution is -0.118. The fraction of sp³-hybridized carbons (Fsp3) is 0.267. The smallest absolute Gasteiger partial charge is 0.220 e. The average molecular weight is 274 g/mol. The summed E-state index contributed by atoms with van der Waals surface area (Å²) in [7, 11) is 0. The van der Waals surface area contributed by atoms with E-state index in [4.69, 9.17) is 14.9 Å². The largest absolute Gasteiger partial charge is 0.493 e. The Morgan fingerprint density at radius 2 is 2.05 bits per heavy atom. The normalized spacial score (nSPS) is 10.2. The number of nitrogens with one attached hydrogen (secondary N) is 1. The molecule has 1 aromatic heterocycles. The summed E-state index contributed by atoms with van der Waals surface area (Å²) in [6.45, 7) is 2.95. The van der Waals surface area contributed by atoms with E-state index in [1.54, 1.807) is 6.26 Å². The zero-order valence-corrected chi connectivity index (χ0v) is 11.4. The van der Waals surface area contributed by atoms with Crippen molar-refractivity contribution in [1.82, 2.24) is 0 Å². The number of aryl methyl sites for hydroxylation is 1. The van der Waals surface area contributed by atoms with E-state index in [1.807, 2.05) is 37.3 Å². The highest BCUT2D eigenvalue weighted by molar-refractivity contribution is 5.73. The maximum absolute atomic E-state index is 10.6. The summed E-state index contributed by atoms with van der Waals surface area (Å²) < 4.78 is 10.7. The van der Waals surface area contributed by atoms with Gasteiger partial charge in [0.2, 0.25) is 5.91 Å². The molecule has 0 bridgehead atoms. The van der Waals surface area contributed by atoms with Crippen molar-refractivity contribution in [3.8, 4) is 5.75 Å². The van der Waals surface area contributed by atoms with Gasteiger partial charge in [0.05, 0.1) is 25.8 Å². The van der Waals surface area contributed by atoms with Gasteiger partial charge >= 0.3 is 0 Å². The number of benzene rings is 1. The maximum Gasteiger partial charge on any atom is 0.220 e. The van der Waals surface area contributed by atoms with E-state index < -0.39 is 0 Å². The summed E-state index contributed by atoms with van der Waals surface area (Å²) in [5, 5.41) is 3.27. The molecule has 0 fully saturated rings. The number of primary amides is 1. The van der Waals surface area contributed by atoms with Crippen molar-refractivity contribution in [3.63, 3.8) is 0 Å². The van der Waals surface area contributed by atoms with Gasteiger partial charge in [-0.25, -0.2) is 0 Å². The molecule has 0 aliphatic heterocycles. The van der Waals surface area contributed by atoms with E-state index in [2.05, 4.69) is 5.32 Å². The van der Waals surface area contributed by atoms with Crippen molar-refractivity contribution in [1.29, 1.82) is 0 Å². The highest BCUT2D eigenvalue weighted by Gasteiger charge is 2.02. The minimum atomic E-state index is -0.364. The van der Waals surface area contributed by atoms with Crippen LogP contribution in [-0.2, 0) is 11.3 Å². The minimum Gasteiger partial charge on any atom is -0.493 e. The lowest BCUT2D eigenvalue weighted by atomic mass is 10.2. The summed E-state index contributed by atoms with van der Waals surface area (Å²) >= 11 is 0. The van der Waals surface area contributed by atoms with Crippen LogP contribution >= 0.6 is 0 Å². The Hall–Kier alpha value is -2.43. The van der Waals surface area contributed by atoms with Crippen LogP contribution in [0.3, 0.4) is 0 Å². The van der Waals surface area contributed by atoms with Gasteiger partial charge in [0, 0.05) is 5.69 Å². The molecule has 1 aromatic carbocycles. The van der Waals surface area contributed by atoms with Gasteiger partial charge in [-0.1, -0.05) is 0 Å².